The van der Waals surface area contributed by atoms with Crippen molar-refractivity contribution in [1.29, 1.82) is 0 Å². The van der Waals surface area contributed by atoms with Crippen LogP contribution in [0.1, 0.15) is 22.5 Å². The summed E-state index contributed by atoms with van der Waals surface area (Å²) in [5.41, 5.74) is -0.221. The summed E-state index contributed by atoms with van der Waals surface area (Å²) in [5.74, 6) is -0.617. The van der Waals surface area contributed by atoms with Crippen molar-refractivity contribution >= 4 is 44.5 Å². The summed E-state index contributed by atoms with van der Waals surface area (Å²) in [5, 5.41) is 0. The Morgan fingerprint density at radius 3 is 2.73 bits per heavy atom. The van der Waals surface area contributed by atoms with Gasteiger partial charge in [-0.1, -0.05) is 0 Å². The fourth-order valence-electron chi connectivity index (χ4n) is 0.883. The molecule has 3 nitrogen and oxygen atoms in total. The Bertz CT molecular complexity index is 400. The normalized spacial score (nSPS) is 10.5. The van der Waals surface area contributed by atoms with Crippen LogP contribution in [0, 0.1) is 3.57 Å². The summed E-state index contributed by atoms with van der Waals surface area (Å²) in [7, 11) is 1.21. The Morgan fingerprint density at radius 1 is 1.67 bits per heavy atom. The molecular formula is C8H5BrF2INO2. The van der Waals surface area contributed by atoms with Gasteiger partial charge in [-0.15, -0.1) is 0 Å². The fraction of sp³-hybridized carbons (Fsp3) is 0.250. The van der Waals surface area contributed by atoms with E-state index in [-0.39, 0.29) is 19.3 Å². The minimum atomic E-state index is -2.67. The van der Waals surface area contributed by atoms with Gasteiger partial charge in [0.25, 0.3) is 6.43 Å². The van der Waals surface area contributed by atoms with E-state index in [1.54, 1.807) is 22.6 Å². The molecule has 0 amide bonds. The number of carbonyl (C=O) groups excluding carboxylic acids is 1. The number of nitrogens with zero attached hydrogens (tertiary/aromatic N) is 1. The average molecular weight is 392 g/mol. The van der Waals surface area contributed by atoms with Crippen LogP contribution in [0.15, 0.2) is 10.7 Å². The maximum Gasteiger partial charge on any atom is 0.340 e. The Labute approximate surface area is 106 Å². The first kappa shape index (κ1) is 12.8. The van der Waals surface area contributed by atoms with Crippen LogP contribution in [-0.2, 0) is 4.74 Å². The van der Waals surface area contributed by atoms with Crippen molar-refractivity contribution in [3.8, 4) is 0 Å². The van der Waals surface area contributed by atoms with Gasteiger partial charge < -0.3 is 4.74 Å². The average Bonchev–Trinajstić information content (AvgIpc) is 2.20. The molecule has 1 rings (SSSR count). The number of halogens is 4. The zero-order chi connectivity index (χ0) is 11.6. The third-order valence-corrected chi connectivity index (χ3v) is 4.26. The monoisotopic (exact) mass is 391 g/mol. The van der Waals surface area contributed by atoms with Crippen molar-refractivity contribution in [3.05, 3.63) is 25.5 Å². The van der Waals surface area contributed by atoms with Gasteiger partial charge in [0.1, 0.15) is 5.69 Å². The van der Waals surface area contributed by atoms with Gasteiger partial charge in [0.2, 0.25) is 0 Å². The van der Waals surface area contributed by atoms with E-state index in [4.69, 9.17) is 0 Å². The van der Waals surface area contributed by atoms with Crippen molar-refractivity contribution in [2.75, 3.05) is 7.11 Å². The van der Waals surface area contributed by atoms with Crippen molar-refractivity contribution in [2.24, 2.45) is 0 Å². The SMILES string of the molecule is COC(=O)c1cnc(C(F)F)c(I)c1Br. The molecule has 1 heterocycles. The highest BCUT2D eigenvalue weighted by molar-refractivity contribution is 14.1. The van der Waals surface area contributed by atoms with Crippen LogP contribution in [0.25, 0.3) is 0 Å². The van der Waals surface area contributed by atoms with Gasteiger partial charge in [-0.3, -0.25) is 4.98 Å². The predicted octanol–water partition coefficient (Wildman–Crippen LogP) is 3.17. The lowest BCUT2D eigenvalue weighted by Crippen LogP contribution is -2.07. The first-order chi connectivity index (χ1) is 6.99. The molecule has 1 aromatic rings. The van der Waals surface area contributed by atoms with E-state index >= 15 is 0 Å². The second-order valence-electron chi connectivity index (χ2n) is 2.48. The molecule has 0 aliphatic rings. The number of carbonyl (C=O) groups is 1. The van der Waals surface area contributed by atoms with Crippen LogP contribution in [-0.4, -0.2) is 18.1 Å². The van der Waals surface area contributed by atoms with Gasteiger partial charge in [-0.05, 0) is 38.5 Å². The standard InChI is InChI=1S/C8H5BrF2INO2/c1-15-8(14)3-2-13-6(7(10)11)5(12)4(3)9/h2,7H,1H3. The molecule has 7 heteroatoms. The molecule has 0 atom stereocenters. The van der Waals surface area contributed by atoms with E-state index in [1.807, 2.05) is 0 Å². The molecule has 0 aliphatic carbocycles. The Balaban J connectivity index is 3.27. The first-order valence-electron chi connectivity index (χ1n) is 3.69. The summed E-state index contributed by atoms with van der Waals surface area (Å²) in [4.78, 5) is 14.7. The van der Waals surface area contributed by atoms with Gasteiger partial charge >= 0.3 is 5.97 Å². The van der Waals surface area contributed by atoms with Crippen LogP contribution in [0.2, 0.25) is 0 Å². The zero-order valence-corrected chi connectivity index (χ0v) is 11.2. The first-order valence-corrected chi connectivity index (χ1v) is 5.56. The van der Waals surface area contributed by atoms with Gasteiger partial charge in [-0.25, -0.2) is 13.6 Å². The lowest BCUT2D eigenvalue weighted by Gasteiger charge is -2.07. The minimum Gasteiger partial charge on any atom is -0.465 e. The fourth-order valence-corrected chi connectivity index (χ4v) is 2.02. The lowest BCUT2D eigenvalue weighted by atomic mass is 10.2. The summed E-state index contributed by atoms with van der Waals surface area (Å²) < 4.78 is 29.8. The molecule has 0 aliphatic heterocycles. The van der Waals surface area contributed by atoms with E-state index in [9.17, 15) is 13.6 Å². The number of methoxy groups -OCH3 is 1. The Morgan fingerprint density at radius 2 is 2.27 bits per heavy atom. The Kier molecular flexibility index (Phi) is 4.38. The molecule has 0 saturated carbocycles. The molecule has 82 valence electrons. The van der Waals surface area contributed by atoms with E-state index < -0.39 is 12.4 Å². The predicted molar refractivity (Wildman–Crippen MR) is 61.0 cm³/mol. The van der Waals surface area contributed by atoms with E-state index in [0.717, 1.165) is 6.20 Å². The van der Waals surface area contributed by atoms with Gasteiger partial charge in [0, 0.05) is 10.7 Å². The highest BCUT2D eigenvalue weighted by Crippen LogP contribution is 2.30. The van der Waals surface area contributed by atoms with Crippen molar-refractivity contribution in [2.45, 2.75) is 6.43 Å². The van der Waals surface area contributed by atoms with Crippen LogP contribution in [0.5, 0.6) is 0 Å². The number of ether oxygens (including phenoxy) is 1. The Hall–Kier alpha value is -0.310. The molecule has 0 bridgehead atoms. The summed E-state index contributed by atoms with van der Waals surface area (Å²) in [6.45, 7) is 0. The number of hydrogen-bond acceptors (Lipinski definition) is 3. The van der Waals surface area contributed by atoms with Crippen LogP contribution >= 0.6 is 38.5 Å². The van der Waals surface area contributed by atoms with Crippen molar-refractivity contribution in [1.82, 2.24) is 4.98 Å². The van der Waals surface area contributed by atoms with Crippen LogP contribution in [0.4, 0.5) is 8.78 Å². The molecule has 0 saturated heterocycles. The third-order valence-electron chi connectivity index (χ3n) is 1.60. The molecule has 0 radical (unpaired) electrons. The van der Waals surface area contributed by atoms with Gasteiger partial charge in [0.15, 0.2) is 0 Å². The maximum atomic E-state index is 12.4. The summed E-state index contributed by atoms with van der Waals surface area (Å²) >= 11 is 4.76. The number of alkyl halides is 2. The molecule has 0 N–H and O–H groups in total. The van der Waals surface area contributed by atoms with E-state index in [1.165, 1.54) is 7.11 Å². The van der Waals surface area contributed by atoms with Crippen molar-refractivity contribution < 1.29 is 18.3 Å². The topological polar surface area (TPSA) is 39.2 Å². The maximum absolute atomic E-state index is 12.4. The van der Waals surface area contributed by atoms with E-state index in [2.05, 4.69) is 25.7 Å². The van der Waals surface area contributed by atoms with E-state index in [0.29, 0.717) is 0 Å². The largest absolute Gasteiger partial charge is 0.465 e. The molecule has 15 heavy (non-hydrogen) atoms. The third kappa shape index (κ3) is 2.63. The second-order valence-corrected chi connectivity index (χ2v) is 4.35. The highest BCUT2D eigenvalue weighted by Gasteiger charge is 2.21. The second kappa shape index (κ2) is 5.15. The molecular weight excluding hydrogens is 387 g/mol. The number of aromatic nitrogens is 1. The molecule has 0 spiro atoms. The number of esters is 1. The number of pyridine rings is 1. The summed E-state index contributed by atoms with van der Waals surface area (Å²) in [6, 6.07) is 0. The molecule has 0 aromatic carbocycles. The van der Waals surface area contributed by atoms with Crippen LogP contribution in [0.3, 0.4) is 0 Å². The van der Waals surface area contributed by atoms with Crippen molar-refractivity contribution in [3.63, 3.8) is 0 Å². The smallest absolute Gasteiger partial charge is 0.340 e. The summed E-state index contributed by atoms with van der Waals surface area (Å²) in [6.07, 6.45) is -1.60. The van der Waals surface area contributed by atoms with Crippen LogP contribution < -0.4 is 0 Å². The molecule has 0 unspecified atom stereocenters. The zero-order valence-electron chi connectivity index (χ0n) is 7.43. The molecule has 0 fully saturated rings. The minimum absolute atomic E-state index is 0.131. The quantitative estimate of drug-likeness (QED) is 0.574. The van der Waals surface area contributed by atoms with Gasteiger partial charge in [-0.2, -0.15) is 0 Å². The number of rotatable bonds is 2. The van der Waals surface area contributed by atoms with Gasteiger partial charge in [0.05, 0.1) is 16.2 Å². The number of hydrogen-bond donors (Lipinski definition) is 0. The lowest BCUT2D eigenvalue weighted by molar-refractivity contribution is 0.0598. The molecule has 1 aromatic heterocycles. The highest BCUT2D eigenvalue weighted by atomic mass is 127.